The molecule has 0 saturated carbocycles. The first-order chi connectivity index (χ1) is 2.89. The van der Waals surface area contributed by atoms with Gasteiger partial charge in [0.05, 0.1) is 6.61 Å². The fraction of sp³-hybridized carbons (Fsp3) is 1.00. The van der Waals surface area contributed by atoms with Crippen molar-refractivity contribution in [1.82, 2.24) is 4.42 Å². The summed E-state index contributed by atoms with van der Waals surface area (Å²) in [6.07, 6.45) is 0. The Labute approximate surface area is 67.0 Å². The molecule has 0 aromatic rings. The monoisotopic (exact) mass is 133 g/mol. The molecule has 40 valence electrons. The fourth-order valence-corrected chi connectivity index (χ4v) is 0.530. The molecule has 0 unspecified atom stereocenters. The Morgan fingerprint density at radius 2 is 2.43 bits per heavy atom. The van der Waals surface area contributed by atoms with E-state index in [0.717, 1.165) is 13.2 Å². The summed E-state index contributed by atoms with van der Waals surface area (Å²) in [6.45, 7) is 2.23. The molecule has 1 aliphatic rings. The Hall–Kier alpha value is 0.976. The van der Waals surface area contributed by atoms with Crippen molar-refractivity contribution in [1.29, 1.82) is 0 Å². The Balaban J connectivity index is -0.000000120. The van der Waals surface area contributed by atoms with Crippen LogP contribution in [-0.4, -0.2) is 47.4 Å². The Kier molecular flexibility index (Phi) is 4.46. The average Bonchev–Trinajstić information content (AvgIpc) is 1.86. The zero-order valence-corrected chi connectivity index (χ0v) is 6.23. The van der Waals surface area contributed by atoms with Gasteiger partial charge in [-0.1, -0.05) is 0 Å². The van der Waals surface area contributed by atoms with Gasteiger partial charge in [-0.15, -0.1) is 0 Å². The van der Waals surface area contributed by atoms with Gasteiger partial charge in [0.15, 0.2) is 0 Å². The number of rotatable bonds is 0. The van der Waals surface area contributed by atoms with Crippen LogP contribution in [0.1, 0.15) is 2.85 Å². The van der Waals surface area contributed by atoms with Crippen LogP contribution in [0.2, 0.25) is 0 Å². The van der Waals surface area contributed by atoms with Gasteiger partial charge in [0, 0.05) is 6.54 Å². The number of hydrogen-bond donors (Lipinski definition) is 0. The predicted octanol–water partition coefficient (Wildman–Crippen LogP) is 0.274. The van der Waals surface area contributed by atoms with Gasteiger partial charge in [0.25, 0.3) is 0 Å². The third kappa shape index (κ3) is 2.72. The molecule has 1 heterocycles. The van der Waals surface area contributed by atoms with Crippen molar-refractivity contribution in [2.45, 2.75) is 0 Å². The molecule has 0 spiro atoms. The molecule has 2 nitrogen and oxygen atoms in total. The quantitative estimate of drug-likeness (QED) is 0.348. The molecule has 0 N–H and O–H groups in total. The summed E-state index contributed by atoms with van der Waals surface area (Å²) in [5, 5.41) is 0. The maximum absolute atomic E-state index is 5.42. The molecule has 0 aliphatic carbocycles. The van der Waals surface area contributed by atoms with E-state index in [1.54, 1.807) is 4.42 Å². The summed E-state index contributed by atoms with van der Waals surface area (Å²) >= 11 is 5.42. The molecule has 0 aromatic carbocycles. The van der Waals surface area contributed by atoms with Crippen LogP contribution >= 0.6 is 11.8 Å². The topological polar surface area (TPSA) is 12.5 Å². The van der Waals surface area contributed by atoms with Crippen LogP contribution < -0.4 is 0 Å². The summed E-state index contributed by atoms with van der Waals surface area (Å²) in [7, 11) is 0. The van der Waals surface area contributed by atoms with Crippen LogP contribution in [0.3, 0.4) is 0 Å². The number of hydrogen-bond acceptors (Lipinski definition) is 2. The third-order valence-electron chi connectivity index (χ3n) is 0.710. The second-order valence-corrected chi connectivity index (χ2v) is 1.70. The predicted molar refractivity (Wildman–Crippen MR) is 31.4 cm³/mol. The zero-order chi connectivity index (χ0) is 4.41. The van der Waals surface area contributed by atoms with Crippen LogP contribution in [0.5, 0.6) is 0 Å². The van der Waals surface area contributed by atoms with Crippen molar-refractivity contribution in [3.63, 3.8) is 0 Å². The summed E-state index contributed by atoms with van der Waals surface area (Å²) in [4.78, 5) is 0. The minimum Gasteiger partial charge on any atom is -1.00 e. The smallest absolute Gasteiger partial charge is 1.00 e. The summed E-state index contributed by atoms with van der Waals surface area (Å²) < 4.78 is 6.46. The molecule has 1 fully saturated rings. The van der Waals surface area contributed by atoms with Crippen LogP contribution in [0, 0.1) is 0 Å². The Morgan fingerprint density at radius 3 is 2.57 bits per heavy atom. The van der Waals surface area contributed by atoms with Crippen LogP contribution in [0.4, 0.5) is 0 Å². The molecule has 1 aliphatic heterocycles. The fourth-order valence-electron chi connectivity index (χ4n) is 0.392. The van der Waals surface area contributed by atoms with E-state index in [1.165, 1.54) is 0 Å². The Morgan fingerprint density at radius 1 is 1.71 bits per heavy atom. The molecule has 0 amide bonds. The normalized spacial score (nSPS) is 21.9. The minimum atomic E-state index is 0. The third-order valence-corrected chi connectivity index (χ3v) is 0.976. The maximum Gasteiger partial charge on any atom is 2.00 e. The van der Waals surface area contributed by atoms with Gasteiger partial charge in [-0.2, -0.15) is 4.42 Å². The van der Waals surface area contributed by atoms with Gasteiger partial charge in [0.2, 0.25) is 0 Å². The van der Waals surface area contributed by atoms with Gasteiger partial charge < -0.3 is 7.59 Å². The second-order valence-electron chi connectivity index (χ2n) is 1.22. The first kappa shape index (κ1) is 7.98. The summed E-state index contributed by atoms with van der Waals surface area (Å²) in [6, 6.07) is 0. The molecule has 0 atom stereocenters. The number of ether oxygens (including phenoxy) is 1. The molecule has 4 heteroatoms. The van der Waals surface area contributed by atoms with E-state index in [1.807, 2.05) is 0 Å². The van der Waals surface area contributed by atoms with Crippen molar-refractivity contribution in [2.75, 3.05) is 19.9 Å². The number of nitrogens with zero attached hydrogens (tertiary/aromatic N) is 1. The maximum atomic E-state index is 5.42. The van der Waals surface area contributed by atoms with Crippen molar-refractivity contribution >= 4 is 34.8 Å². The SMILES string of the molecule is ClN1CCOC1.[H-].[H-].[Mg+2]. The van der Waals surface area contributed by atoms with Crippen LogP contribution in [0.15, 0.2) is 0 Å². The van der Waals surface area contributed by atoms with Gasteiger partial charge in [-0.25, -0.2) is 0 Å². The van der Waals surface area contributed by atoms with E-state index in [0.29, 0.717) is 6.73 Å². The van der Waals surface area contributed by atoms with E-state index in [-0.39, 0.29) is 25.9 Å². The van der Waals surface area contributed by atoms with Gasteiger partial charge in [-0.3, -0.25) is 0 Å². The van der Waals surface area contributed by atoms with Crippen LogP contribution in [-0.2, 0) is 4.74 Å². The van der Waals surface area contributed by atoms with Gasteiger partial charge in [-0.05, 0) is 11.8 Å². The second kappa shape index (κ2) is 3.92. The number of halogens is 1. The molecule has 0 aromatic heterocycles. The molecule has 7 heavy (non-hydrogen) atoms. The molecular formula is C3H8ClMgNO. The van der Waals surface area contributed by atoms with Gasteiger partial charge >= 0.3 is 23.1 Å². The largest absolute Gasteiger partial charge is 2.00 e. The minimum absolute atomic E-state index is 0. The summed E-state index contributed by atoms with van der Waals surface area (Å²) in [5.74, 6) is 0. The average molecular weight is 134 g/mol. The first-order valence-corrected chi connectivity index (χ1v) is 2.22. The van der Waals surface area contributed by atoms with Crippen molar-refractivity contribution in [3.05, 3.63) is 0 Å². The molecular weight excluding hydrogens is 126 g/mol. The Bertz CT molecular complexity index is 55.1. The van der Waals surface area contributed by atoms with E-state index >= 15 is 0 Å². The molecule has 0 radical (unpaired) electrons. The zero-order valence-electron chi connectivity index (χ0n) is 6.06. The molecule has 1 saturated heterocycles. The van der Waals surface area contributed by atoms with Crippen LogP contribution in [0.25, 0.3) is 0 Å². The first-order valence-electron chi connectivity index (χ1n) is 1.88. The molecule has 1 rings (SSSR count). The van der Waals surface area contributed by atoms with E-state index in [4.69, 9.17) is 16.5 Å². The standard InChI is InChI=1S/C3H6ClNO.Mg.2H/c4-5-1-2-6-3-5;;;/h1-3H2;;;/q;+2;2*-1. The van der Waals surface area contributed by atoms with E-state index in [2.05, 4.69) is 0 Å². The van der Waals surface area contributed by atoms with Crippen molar-refractivity contribution < 1.29 is 7.59 Å². The molecule has 0 bridgehead atoms. The van der Waals surface area contributed by atoms with E-state index in [9.17, 15) is 0 Å². The van der Waals surface area contributed by atoms with E-state index < -0.39 is 0 Å². The van der Waals surface area contributed by atoms with Crippen molar-refractivity contribution in [3.8, 4) is 0 Å². The van der Waals surface area contributed by atoms with Crippen molar-refractivity contribution in [2.24, 2.45) is 0 Å². The summed E-state index contributed by atoms with van der Waals surface area (Å²) in [5.41, 5.74) is 0. The van der Waals surface area contributed by atoms with Gasteiger partial charge in [0.1, 0.15) is 6.73 Å².